The molecule has 0 spiro atoms. The molecule has 2 aromatic heterocycles. The van der Waals surface area contributed by atoms with Gasteiger partial charge in [0.1, 0.15) is 33.5 Å². The van der Waals surface area contributed by atoms with Crippen LogP contribution in [0.5, 0.6) is 11.5 Å². The van der Waals surface area contributed by atoms with Gasteiger partial charge in [0.15, 0.2) is 9.84 Å². The van der Waals surface area contributed by atoms with Crippen LogP contribution in [0.3, 0.4) is 0 Å². The van der Waals surface area contributed by atoms with E-state index >= 15 is 0 Å². The number of nitrogens with zero attached hydrogens (tertiary/aromatic N) is 1. The van der Waals surface area contributed by atoms with Gasteiger partial charge in [-0.25, -0.2) is 21.4 Å². The number of sulfonamides is 1. The molecule has 0 amide bonds. The molecule has 1 atom stereocenters. The highest BCUT2D eigenvalue weighted by molar-refractivity contribution is 7.92. The van der Waals surface area contributed by atoms with E-state index in [1.165, 1.54) is 42.7 Å². The molecule has 0 aliphatic rings. The summed E-state index contributed by atoms with van der Waals surface area (Å²) in [4.78, 5) is 13.6. The lowest BCUT2D eigenvalue weighted by Crippen LogP contribution is -2.25. The fraction of sp³-hybridized carbons (Fsp3) is 0.235. The van der Waals surface area contributed by atoms with Crippen LogP contribution in [-0.2, 0) is 24.4 Å². The zero-order chi connectivity index (χ0) is 23.6. The average Bonchev–Trinajstić information content (AvgIpc) is 3.14. The lowest BCUT2D eigenvalue weighted by molar-refractivity contribution is 0.320. The number of sulfone groups is 1. The van der Waals surface area contributed by atoms with E-state index in [1.807, 2.05) is 4.72 Å². The van der Waals surface area contributed by atoms with Gasteiger partial charge in [0.25, 0.3) is 10.0 Å². The SMILES string of the molecule is CS(=O)(=O)c1cc2sc(S(=O)(=O)NCP(=O)(O)Oc3cccnc3)cc2cc1OCCN. The van der Waals surface area contributed by atoms with Crippen LogP contribution in [0.4, 0.5) is 0 Å². The number of rotatable bonds is 10. The topological polar surface area (TPSA) is 175 Å². The maximum Gasteiger partial charge on any atom is 0.391 e. The summed E-state index contributed by atoms with van der Waals surface area (Å²) in [6.45, 7) is 0.240. The molecule has 15 heteroatoms. The molecule has 0 saturated carbocycles. The van der Waals surface area contributed by atoms with Crippen LogP contribution in [0.2, 0.25) is 0 Å². The lowest BCUT2D eigenvalue weighted by atomic mass is 10.2. The number of fused-ring (bicyclic) bond motifs is 1. The molecule has 3 rings (SSSR count). The van der Waals surface area contributed by atoms with Crippen molar-refractivity contribution in [2.45, 2.75) is 9.10 Å². The van der Waals surface area contributed by atoms with Crippen LogP contribution < -0.4 is 19.7 Å². The summed E-state index contributed by atoms with van der Waals surface area (Å²) in [5.41, 5.74) is 5.41. The summed E-state index contributed by atoms with van der Waals surface area (Å²) in [5, 5.41) is 0.425. The minimum absolute atomic E-state index is 0.0118. The summed E-state index contributed by atoms with van der Waals surface area (Å²) in [7, 11) is -12.2. The molecule has 0 aliphatic carbocycles. The summed E-state index contributed by atoms with van der Waals surface area (Å²) in [6, 6.07) is 6.95. The third-order valence-electron chi connectivity index (χ3n) is 3.94. The fourth-order valence-corrected chi connectivity index (χ4v) is 7.41. The molecule has 174 valence electrons. The van der Waals surface area contributed by atoms with Gasteiger partial charge in [0, 0.05) is 23.7 Å². The first-order chi connectivity index (χ1) is 14.9. The highest BCUT2D eigenvalue weighted by Gasteiger charge is 2.27. The molecular weight excluding hydrogens is 501 g/mol. The summed E-state index contributed by atoms with van der Waals surface area (Å²) in [5.74, 6) is 0.0718. The van der Waals surface area contributed by atoms with E-state index in [4.69, 9.17) is 15.0 Å². The molecular formula is C17H20N3O8PS3. The Labute approximate surface area is 188 Å². The van der Waals surface area contributed by atoms with Crippen LogP contribution in [0.15, 0.2) is 51.8 Å². The fourth-order valence-electron chi connectivity index (χ4n) is 2.56. The number of hydrogen-bond acceptors (Lipinski definition) is 10. The molecule has 1 unspecified atom stereocenters. The standard InChI is InChI=1S/C17H20N3O8PS3/c1-31(23,24)16-9-15-12(7-14(16)27-6-4-18)8-17(30-15)32(25,26)20-11-29(21,22)28-13-3-2-5-19-10-13/h2-3,5,7-10,20H,4,6,11,18H2,1H3,(H,21,22). The number of thiophene rings is 1. The van der Waals surface area contributed by atoms with Crippen LogP contribution in [-0.4, -0.2) is 52.4 Å². The predicted octanol–water partition coefficient (Wildman–Crippen LogP) is 1.54. The van der Waals surface area contributed by atoms with Gasteiger partial charge in [0.2, 0.25) is 0 Å². The normalized spacial score (nSPS) is 14.2. The van der Waals surface area contributed by atoms with Gasteiger partial charge < -0.3 is 19.9 Å². The van der Waals surface area contributed by atoms with Crippen molar-refractivity contribution in [3.05, 3.63) is 42.7 Å². The molecule has 2 heterocycles. The summed E-state index contributed by atoms with van der Waals surface area (Å²) in [6.07, 6.45) is 2.79. The molecule has 3 aromatic rings. The first-order valence-electron chi connectivity index (χ1n) is 8.93. The molecule has 0 saturated heterocycles. The molecule has 11 nitrogen and oxygen atoms in total. The van der Waals surface area contributed by atoms with Gasteiger partial charge >= 0.3 is 7.60 Å². The van der Waals surface area contributed by atoms with Crippen molar-refractivity contribution in [3.8, 4) is 11.5 Å². The monoisotopic (exact) mass is 521 g/mol. The van der Waals surface area contributed by atoms with E-state index in [9.17, 15) is 26.3 Å². The smallest absolute Gasteiger partial charge is 0.391 e. The Morgan fingerprint density at radius 3 is 2.62 bits per heavy atom. The zero-order valence-corrected chi connectivity index (χ0v) is 20.0. The van der Waals surface area contributed by atoms with Gasteiger partial charge in [0.05, 0.1) is 6.20 Å². The summed E-state index contributed by atoms with van der Waals surface area (Å²) >= 11 is 0.804. The highest BCUT2D eigenvalue weighted by atomic mass is 32.2. The molecule has 1 aromatic carbocycles. The van der Waals surface area contributed by atoms with Crippen molar-refractivity contribution in [2.24, 2.45) is 5.73 Å². The Hall–Kier alpha value is -2.06. The Morgan fingerprint density at radius 2 is 2.00 bits per heavy atom. The number of aromatic nitrogens is 1. The third-order valence-corrected chi connectivity index (χ3v) is 9.30. The number of pyridine rings is 1. The number of nitrogens with one attached hydrogen (secondary N) is 1. The van der Waals surface area contributed by atoms with Crippen molar-refractivity contribution in [1.82, 2.24) is 9.71 Å². The van der Waals surface area contributed by atoms with Crippen molar-refractivity contribution in [1.29, 1.82) is 0 Å². The van der Waals surface area contributed by atoms with Crippen LogP contribution in [0.25, 0.3) is 10.1 Å². The first-order valence-corrected chi connectivity index (χ1v) is 14.9. The van der Waals surface area contributed by atoms with Crippen molar-refractivity contribution >= 4 is 48.9 Å². The van der Waals surface area contributed by atoms with Gasteiger partial charge in [-0.2, -0.15) is 4.72 Å². The van der Waals surface area contributed by atoms with Crippen molar-refractivity contribution in [2.75, 3.05) is 25.7 Å². The van der Waals surface area contributed by atoms with E-state index in [1.54, 1.807) is 0 Å². The lowest BCUT2D eigenvalue weighted by Gasteiger charge is -2.13. The number of ether oxygens (including phenoxy) is 1. The van der Waals surface area contributed by atoms with Gasteiger partial charge in [-0.3, -0.25) is 4.98 Å². The van der Waals surface area contributed by atoms with E-state index in [0.717, 1.165) is 17.6 Å². The predicted molar refractivity (Wildman–Crippen MR) is 119 cm³/mol. The number of nitrogens with two attached hydrogens (primary N) is 1. The highest BCUT2D eigenvalue weighted by Crippen LogP contribution is 2.42. The minimum Gasteiger partial charge on any atom is -0.491 e. The Bertz CT molecular complexity index is 1370. The maximum atomic E-state index is 12.7. The Balaban J connectivity index is 1.86. The quantitative estimate of drug-likeness (QED) is 0.332. The molecule has 0 aliphatic heterocycles. The Kier molecular flexibility index (Phi) is 7.25. The number of benzene rings is 1. The third kappa shape index (κ3) is 6.04. The number of hydrogen-bond donors (Lipinski definition) is 3. The van der Waals surface area contributed by atoms with Gasteiger partial charge in [-0.1, -0.05) is 0 Å². The van der Waals surface area contributed by atoms with Gasteiger partial charge in [-0.15, -0.1) is 11.3 Å². The van der Waals surface area contributed by atoms with Crippen LogP contribution >= 0.6 is 18.9 Å². The average molecular weight is 522 g/mol. The Morgan fingerprint density at radius 1 is 1.25 bits per heavy atom. The maximum absolute atomic E-state index is 12.7. The molecule has 32 heavy (non-hydrogen) atoms. The van der Waals surface area contributed by atoms with E-state index in [0.29, 0.717) is 10.1 Å². The van der Waals surface area contributed by atoms with Crippen LogP contribution in [0.1, 0.15) is 0 Å². The van der Waals surface area contributed by atoms with Gasteiger partial charge in [-0.05, 0) is 35.7 Å². The molecule has 0 radical (unpaired) electrons. The van der Waals surface area contributed by atoms with E-state index in [-0.39, 0.29) is 33.8 Å². The summed E-state index contributed by atoms with van der Waals surface area (Å²) < 4.78 is 74.4. The van der Waals surface area contributed by atoms with Crippen molar-refractivity contribution in [3.63, 3.8) is 0 Å². The zero-order valence-electron chi connectivity index (χ0n) is 16.7. The second kappa shape index (κ2) is 9.43. The molecule has 0 bridgehead atoms. The van der Waals surface area contributed by atoms with Crippen molar-refractivity contribution < 1.29 is 35.6 Å². The molecule has 4 N–H and O–H groups in total. The van der Waals surface area contributed by atoms with Crippen LogP contribution in [0, 0.1) is 0 Å². The molecule has 0 fully saturated rings. The van der Waals surface area contributed by atoms with E-state index < -0.39 is 33.7 Å². The second-order valence-electron chi connectivity index (χ2n) is 6.53. The van der Waals surface area contributed by atoms with E-state index in [2.05, 4.69) is 4.98 Å². The minimum atomic E-state index is -4.35. The second-order valence-corrected chi connectivity index (χ2v) is 13.4. The first kappa shape index (κ1) is 24.6. The largest absolute Gasteiger partial charge is 0.491 e.